The molecule has 0 bridgehead atoms. The number of likely N-dealkylation sites (tertiary alicyclic amines) is 2. The Balaban J connectivity index is 1.20. The number of piperidine rings is 2. The number of nitrogens with zero attached hydrogens (tertiary/aromatic N) is 4. The third-order valence-corrected chi connectivity index (χ3v) is 7.85. The monoisotopic (exact) mass is 434 g/mol. The summed E-state index contributed by atoms with van der Waals surface area (Å²) in [7, 11) is 0. The predicted molar refractivity (Wildman–Crippen MR) is 124 cm³/mol. The average Bonchev–Trinajstić information content (AvgIpc) is 3.38. The molecule has 0 N–H and O–H groups in total. The van der Waals surface area contributed by atoms with Crippen LogP contribution in [0.2, 0.25) is 0 Å². The number of imidazole rings is 1. The van der Waals surface area contributed by atoms with Crippen LogP contribution in [0.5, 0.6) is 0 Å². The van der Waals surface area contributed by atoms with Gasteiger partial charge in [0.1, 0.15) is 0 Å². The molecule has 2 amide bonds. The van der Waals surface area contributed by atoms with Gasteiger partial charge < -0.3 is 14.4 Å². The van der Waals surface area contributed by atoms with Crippen molar-refractivity contribution < 1.29 is 9.59 Å². The Morgan fingerprint density at radius 2 is 1.84 bits per heavy atom. The van der Waals surface area contributed by atoms with Gasteiger partial charge in [-0.3, -0.25) is 9.59 Å². The molecule has 5 rings (SSSR count). The Morgan fingerprint density at radius 1 is 1.03 bits per heavy atom. The zero-order valence-corrected chi connectivity index (χ0v) is 18.9. The SMILES string of the molecule is O=C(c1ccc(-n2ccnc2)cc1)N1CC[C@H]2[C@H](CCC(=O)N2CCC2CCCCC2)C1. The maximum Gasteiger partial charge on any atom is 0.253 e. The summed E-state index contributed by atoms with van der Waals surface area (Å²) in [5, 5.41) is 0. The summed E-state index contributed by atoms with van der Waals surface area (Å²) in [5.74, 6) is 1.63. The maximum atomic E-state index is 13.2. The zero-order valence-electron chi connectivity index (χ0n) is 18.9. The van der Waals surface area contributed by atoms with Gasteiger partial charge in [-0.2, -0.15) is 0 Å². The second-order valence-electron chi connectivity index (χ2n) is 9.80. The Kier molecular flexibility index (Phi) is 6.28. The fraction of sp³-hybridized carbons (Fsp3) is 0.577. The van der Waals surface area contributed by atoms with E-state index in [9.17, 15) is 9.59 Å². The second kappa shape index (κ2) is 9.47. The molecule has 2 saturated heterocycles. The Bertz CT molecular complexity index is 918. The largest absolute Gasteiger partial charge is 0.339 e. The molecular formula is C26H34N4O2. The molecule has 0 spiro atoms. The van der Waals surface area contributed by atoms with Crippen LogP contribution in [0, 0.1) is 11.8 Å². The van der Waals surface area contributed by atoms with Gasteiger partial charge in [0, 0.05) is 55.7 Å². The quantitative estimate of drug-likeness (QED) is 0.705. The summed E-state index contributed by atoms with van der Waals surface area (Å²) in [6.07, 6.45) is 15.7. The molecule has 1 aromatic carbocycles. The number of benzene rings is 1. The molecule has 1 aliphatic carbocycles. The van der Waals surface area contributed by atoms with Gasteiger partial charge in [0.25, 0.3) is 5.91 Å². The van der Waals surface area contributed by atoms with Gasteiger partial charge in [-0.1, -0.05) is 32.1 Å². The highest BCUT2D eigenvalue weighted by Gasteiger charge is 2.40. The number of carbonyl (C=O) groups is 2. The molecule has 3 fully saturated rings. The van der Waals surface area contributed by atoms with Crippen molar-refractivity contribution in [1.82, 2.24) is 19.4 Å². The van der Waals surface area contributed by atoms with Crippen LogP contribution in [-0.4, -0.2) is 56.8 Å². The van der Waals surface area contributed by atoms with E-state index in [1.165, 1.54) is 32.1 Å². The van der Waals surface area contributed by atoms with Crippen molar-refractivity contribution in [3.05, 3.63) is 48.5 Å². The van der Waals surface area contributed by atoms with E-state index in [1.807, 2.05) is 39.9 Å². The van der Waals surface area contributed by atoms with E-state index in [2.05, 4.69) is 9.88 Å². The first-order valence-electron chi connectivity index (χ1n) is 12.4. The lowest BCUT2D eigenvalue weighted by Gasteiger charge is -2.47. The molecule has 2 aromatic rings. The van der Waals surface area contributed by atoms with Gasteiger partial charge in [0.15, 0.2) is 0 Å². The normalized spacial score (nSPS) is 24.4. The number of fused-ring (bicyclic) bond motifs is 1. The van der Waals surface area contributed by atoms with Crippen molar-refractivity contribution in [3.8, 4) is 5.69 Å². The van der Waals surface area contributed by atoms with Crippen LogP contribution in [0.1, 0.15) is 68.1 Å². The summed E-state index contributed by atoms with van der Waals surface area (Å²) in [6, 6.07) is 8.06. The van der Waals surface area contributed by atoms with Gasteiger partial charge in [0.05, 0.1) is 6.33 Å². The number of hydrogen-bond acceptors (Lipinski definition) is 3. The zero-order chi connectivity index (χ0) is 21.9. The number of rotatable bonds is 5. The standard InChI is InChI=1S/C26H34N4O2/c31-25-11-8-22-18-28(15-13-24(22)30(25)16-12-20-4-2-1-3-5-20)26(32)21-6-9-23(10-7-21)29-17-14-27-19-29/h6-7,9-10,14,17,19-20,22,24H,1-5,8,11-13,15-16,18H2/t22-,24+/m1/s1. The number of amides is 2. The third kappa shape index (κ3) is 4.45. The fourth-order valence-electron chi connectivity index (χ4n) is 5.99. The lowest BCUT2D eigenvalue weighted by atomic mass is 9.82. The van der Waals surface area contributed by atoms with Crippen molar-refractivity contribution in [2.24, 2.45) is 11.8 Å². The van der Waals surface area contributed by atoms with Gasteiger partial charge in [-0.15, -0.1) is 0 Å². The molecular weight excluding hydrogens is 400 g/mol. The smallest absolute Gasteiger partial charge is 0.253 e. The molecule has 6 nitrogen and oxygen atoms in total. The lowest BCUT2D eigenvalue weighted by molar-refractivity contribution is -0.140. The molecule has 32 heavy (non-hydrogen) atoms. The van der Waals surface area contributed by atoms with Crippen LogP contribution in [0.25, 0.3) is 5.69 Å². The van der Waals surface area contributed by atoms with Crippen LogP contribution in [-0.2, 0) is 4.79 Å². The predicted octanol–water partition coefficient (Wildman–Crippen LogP) is 4.30. The first-order valence-corrected chi connectivity index (χ1v) is 12.4. The third-order valence-electron chi connectivity index (χ3n) is 7.85. The Labute approximate surface area is 190 Å². The van der Waals surface area contributed by atoms with E-state index in [0.717, 1.165) is 56.1 Å². The van der Waals surface area contributed by atoms with Crippen molar-refractivity contribution in [1.29, 1.82) is 0 Å². The first-order chi connectivity index (χ1) is 15.7. The highest BCUT2D eigenvalue weighted by Crippen LogP contribution is 2.34. The van der Waals surface area contributed by atoms with Crippen LogP contribution in [0.3, 0.4) is 0 Å². The highest BCUT2D eigenvalue weighted by atomic mass is 16.2. The van der Waals surface area contributed by atoms with Crippen molar-refractivity contribution >= 4 is 11.8 Å². The van der Waals surface area contributed by atoms with Crippen LogP contribution >= 0.6 is 0 Å². The van der Waals surface area contributed by atoms with Crippen LogP contribution in [0.4, 0.5) is 0 Å². The number of hydrogen-bond donors (Lipinski definition) is 0. The molecule has 6 heteroatoms. The summed E-state index contributed by atoms with van der Waals surface area (Å²) in [6.45, 7) is 2.41. The van der Waals surface area contributed by atoms with Crippen LogP contribution in [0.15, 0.2) is 43.0 Å². The van der Waals surface area contributed by atoms with Gasteiger partial charge in [0.2, 0.25) is 5.91 Å². The summed E-state index contributed by atoms with van der Waals surface area (Å²) in [5.41, 5.74) is 1.73. The van der Waals surface area contributed by atoms with E-state index in [4.69, 9.17) is 0 Å². The molecule has 0 radical (unpaired) electrons. The van der Waals surface area contributed by atoms with E-state index in [0.29, 0.717) is 24.3 Å². The minimum absolute atomic E-state index is 0.103. The van der Waals surface area contributed by atoms with E-state index < -0.39 is 0 Å². The molecule has 2 atom stereocenters. The molecule has 170 valence electrons. The average molecular weight is 435 g/mol. The maximum absolute atomic E-state index is 13.2. The van der Waals surface area contributed by atoms with Crippen molar-refractivity contribution in [2.75, 3.05) is 19.6 Å². The Hall–Kier alpha value is -2.63. The first kappa shape index (κ1) is 21.2. The lowest BCUT2D eigenvalue weighted by Crippen LogP contribution is -2.57. The van der Waals surface area contributed by atoms with Gasteiger partial charge in [-0.25, -0.2) is 4.98 Å². The topological polar surface area (TPSA) is 58.4 Å². The Morgan fingerprint density at radius 3 is 2.59 bits per heavy atom. The van der Waals surface area contributed by atoms with Crippen molar-refractivity contribution in [3.63, 3.8) is 0 Å². The second-order valence-corrected chi connectivity index (χ2v) is 9.80. The summed E-state index contributed by atoms with van der Waals surface area (Å²) >= 11 is 0. The van der Waals surface area contributed by atoms with E-state index in [1.54, 1.807) is 12.5 Å². The minimum Gasteiger partial charge on any atom is -0.339 e. The van der Waals surface area contributed by atoms with Crippen LogP contribution < -0.4 is 0 Å². The van der Waals surface area contributed by atoms with Gasteiger partial charge in [-0.05, 0) is 55.4 Å². The molecule has 0 unspecified atom stereocenters. The van der Waals surface area contributed by atoms with E-state index in [-0.39, 0.29) is 5.91 Å². The van der Waals surface area contributed by atoms with Gasteiger partial charge >= 0.3 is 0 Å². The molecule has 1 saturated carbocycles. The molecule has 1 aromatic heterocycles. The summed E-state index contributed by atoms with van der Waals surface area (Å²) in [4.78, 5) is 34.2. The number of aromatic nitrogens is 2. The molecule has 3 aliphatic rings. The summed E-state index contributed by atoms with van der Waals surface area (Å²) < 4.78 is 1.93. The van der Waals surface area contributed by atoms with Crippen molar-refractivity contribution in [2.45, 2.75) is 63.8 Å². The highest BCUT2D eigenvalue weighted by molar-refractivity contribution is 5.94. The minimum atomic E-state index is 0.103. The molecule has 3 heterocycles. The van der Waals surface area contributed by atoms with E-state index >= 15 is 0 Å². The fourth-order valence-corrected chi connectivity index (χ4v) is 5.99. The molecule has 2 aliphatic heterocycles. The number of carbonyl (C=O) groups excluding carboxylic acids is 2.